The summed E-state index contributed by atoms with van der Waals surface area (Å²) in [5.41, 5.74) is 0. The summed E-state index contributed by atoms with van der Waals surface area (Å²) in [5, 5.41) is 76.4. The molecule has 14 nitrogen and oxygen atoms in total. The highest BCUT2D eigenvalue weighted by Crippen LogP contribution is 2.40. The summed E-state index contributed by atoms with van der Waals surface area (Å²) in [6, 6.07) is 0. The summed E-state index contributed by atoms with van der Waals surface area (Å²) in [6.45, 7) is -2.95. The lowest BCUT2D eigenvalue weighted by Gasteiger charge is -2.42. The van der Waals surface area contributed by atoms with Gasteiger partial charge >= 0.3 is 7.82 Å². The third kappa shape index (κ3) is 6.62. The number of hydrogen-bond donors (Lipinski definition) is 10. The lowest BCUT2D eigenvalue weighted by Crippen LogP contribution is -2.61. The number of hydrogen-bond acceptors (Lipinski definition) is 12. The van der Waals surface area contributed by atoms with Crippen molar-refractivity contribution in [2.75, 3.05) is 19.8 Å². The summed E-state index contributed by atoms with van der Waals surface area (Å²) < 4.78 is 25.6. The van der Waals surface area contributed by atoms with E-state index in [1.54, 1.807) is 0 Å². The molecule has 0 aromatic carbocycles. The molecule has 1 rings (SSSR count). The van der Waals surface area contributed by atoms with Crippen molar-refractivity contribution in [1.82, 2.24) is 0 Å². The summed E-state index contributed by atoms with van der Waals surface area (Å²) in [7, 11) is -5.28. The Morgan fingerprint density at radius 1 is 0.889 bits per heavy atom. The van der Waals surface area contributed by atoms with E-state index in [0.29, 0.717) is 0 Å². The molecule has 0 saturated carbocycles. The second-order valence-corrected chi connectivity index (χ2v) is 7.05. The molecule has 1 aliphatic heterocycles. The number of aliphatic hydroxyl groups is 8. The quantitative estimate of drug-likeness (QED) is 0.147. The molecule has 1 aliphatic rings. The Hall–Kier alpha value is -0.290. The first-order valence-corrected chi connectivity index (χ1v) is 9.27. The van der Waals surface area contributed by atoms with Gasteiger partial charge in [-0.1, -0.05) is 0 Å². The Balaban J connectivity index is 3.12. The van der Waals surface area contributed by atoms with Gasteiger partial charge in [0.1, 0.15) is 48.8 Å². The fraction of sp³-hybridized carbons (Fsp3) is 1.00. The predicted molar refractivity (Wildman–Crippen MR) is 81.7 cm³/mol. The Morgan fingerprint density at radius 3 is 1.85 bits per heavy atom. The Bertz CT molecular complexity index is 485. The van der Waals surface area contributed by atoms with E-state index in [9.17, 15) is 30.1 Å². The van der Waals surface area contributed by atoms with Gasteiger partial charge in [-0.05, 0) is 0 Å². The molecule has 0 radical (unpaired) electrons. The van der Waals surface area contributed by atoms with E-state index in [-0.39, 0.29) is 0 Å². The van der Waals surface area contributed by atoms with Crippen molar-refractivity contribution in [3.63, 3.8) is 0 Å². The maximum Gasteiger partial charge on any atom is 0.470 e. The van der Waals surface area contributed by atoms with E-state index in [1.807, 2.05) is 0 Å². The van der Waals surface area contributed by atoms with Crippen LogP contribution in [0.3, 0.4) is 0 Å². The van der Waals surface area contributed by atoms with E-state index in [4.69, 9.17) is 34.6 Å². The molecule has 0 aliphatic carbocycles. The van der Waals surface area contributed by atoms with Crippen LogP contribution in [0.2, 0.25) is 0 Å². The first-order chi connectivity index (χ1) is 12.5. The van der Waals surface area contributed by atoms with Crippen molar-refractivity contribution >= 4 is 7.82 Å². The average molecular weight is 424 g/mol. The normalized spacial score (nSPS) is 34.1. The number of phosphoric ester groups is 1. The Labute approximate surface area is 153 Å². The topological polar surface area (TPSA) is 247 Å². The molecule has 10 N–H and O–H groups in total. The highest BCUT2D eigenvalue weighted by molar-refractivity contribution is 7.46. The summed E-state index contributed by atoms with van der Waals surface area (Å²) in [6.07, 6.45) is -16.9. The van der Waals surface area contributed by atoms with Crippen LogP contribution in [0.15, 0.2) is 0 Å². The van der Waals surface area contributed by atoms with Crippen LogP contribution < -0.4 is 0 Å². The van der Waals surface area contributed by atoms with Crippen LogP contribution in [-0.4, -0.2) is 126 Å². The van der Waals surface area contributed by atoms with E-state index in [0.717, 1.165) is 0 Å². The minimum absolute atomic E-state index is 0.806. The first kappa shape index (κ1) is 24.7. The van der Waals surface area contributed by atoms with Crippen LogP contribution in [0.1, 0.15) is 0 Å². The third-order valence-electron chi connectivity index (χ3n) is 3.86. The molecule has 1 saturated heterocycles. The van der Waals surface area contributed by atoms with E-state index in [1.165, 1.54) is 0 Å². The number of ether oxygens (including phenoxy) is 2. The minimum atomic E-state index is -5.28. The van der Waals surface area contributed by atoms with Gasteiger partial charge in [-0.3, -0.25) is 4.52 Å². The molecule has 0 bridgehead atoms. The monoisotopic (exact) mass is 424 g/mol. The van der Waals surface area contributed by atoms with Gasteiger partial charge in [0.2, 0.25) is 0 Å². The van der Waals surface area contributed by atoms with Crippen LogP contribution in [0.5, 0.6) is 0 Å². The molecule has 0 unspecified atom stereocenters. The van der Waals surface area contributed by atoms with Gasteiger partial charge in [0.15, 0.2) is 6.29 Å². The van der Waals surface area contributed by atoms with Crippen LogP contribution in [0.4, 0.5) is 0 Å². The molecule has 27 heavy (non-hydrogen) atoms. The molecule has 0 aromatic rings. The summed E-state index contributed by atoms with van der Waals surface area (Å²) in [4.78, 5) is 17.9. The van der Waals surface area contributed by atoms with Gasteiger partial charge in [-0.15, -0.1) is 0 Å². The molecule has 1 heterocycles. The van der Waals surface area contributed by atoms with Crippen LogP contribution in [0.25, 0.3) is 0 Å². The fourth-order valence-corrected chi connectivity index (χ4v) is 3.01. The molecule has 0 amide bonds. The van der Waals surface area contributed by atoms with Gasteiger partial charge in [0.05, 0.1) is 19.8 Å². The van der Waals surface area contributed by atoms with E-state index >= 15 is 0 Å². The van der Waals surface area contributed by atoms with Crippen molar-refractivity contribution in [2.24, 2.45) is 0 Å². The van der Waals surface area contributed by atoms with Crippen molar-refractivity contribution in [2.45, 2.75) is 55.1 Å². The number of phosphoric acid groups is 1. The van der Waals surface area contributed by atoms with Gasteiger partial charge in [0, 0.05) is 0 Å². The summed E-state index contributed by atoms with van der Waals surface area (Å²) in [5.74, 6) is 0. The molecule has 0 aromatic heterocycles. The Kier molecular flexibility index (Phi) is 9.60. The molecule has 1 fully saturated rings. The maximum atomic E-state index is 11.1. The van der Waals surface area contributed by atoms with Gasteiger partial charge in [0.25, 0.3) is 0 Å². The van der Waals surface area contributed by atoms with Crippen molar-refractivity contribution in [3.8, 4) is 0 Å². The van der Waals surface area contributed by atoms with Crippen molar-refractivity contribution in [3.05, 3.63) is 0 Å². The Morgan fingerprint density at radius 2 is 1.41 bits per heavy atom. The minimum Gasteiger partial charge on any atom is -0.394 e. The smallest absolute Gasteiger partial charge is 0.394 e. The van der Waals surface area contributed by atoms with Gasteiger partial charge < -0.3 is 60.1 Å². The molecular formula is C12H25O14P. The largest absolute Gasteiger partial charge is 0.470 e. The van der Waals surface area contributed by atoms with Crippen LogP contribution in [0, 0.1) is 0 Å². The highest BCUT2D eigenvalue weighted by Gasteiger charge is 2.48. The van der Waals surface area contributed by atoms with E-state index in [2.05, 4.69) is 4.52 Å². The van der Waals surface area contributed by atoms with E-state index < -0.39 is 82.8 Å². The van der Waals surface area contributed by atoms with Crippen molar-refractivity contribution in [1.29, 1.82) is 0 Å². The van der Waals surface area contributed by atoms with Gasteiger partial charge in [-0.2, -0.15) is 0 Å². The molecule has 9 atom stereocenters. The number of aliphatic hydroxyl groups excluding tert-OH is 8. The number of rotatable bonds is 10. The third-order valence-corrected chi connectivity index (χ3v) is 4.37. The maximum absolute atomic E-state index is 11.1. The molecule has 0 spiro atoms. The zero-order valence-corrected chi connectivity index (χ0v) is 14.8. The van der Waals surface area contributed by atoms with Crippen LogP contribution in [-0.2, 0) is 18.6 Å². The second kappa shape index (κ2) is 10.5. The molecule has 15 heteroatoms. The highest BCUT2D eigenvalue weighted by atomic mass is 31.2. The lowest BCUT2D eigenvalue weighted by atomic mass is 9.98. The predicted octanol–water partition coefficient (Wildman–Crippen LogP) is -5.64. The standard InChI is InChI=1S/C12H25O14P/c13-1-4(16)10(11(5(17)2-14)26-27(21,22)23)25-12-9(20)8(19)7(18)6(3-15)24-12/h4-20H,1-3H2,(H2,21,22,23)/t4-,5+,6-,7-,8+,9-,10-,11-,12-/m1/s1. The molecule has 162 valence electrons. The van der Waals surface area contributed by atoms with Gasteiger partial charge in [-0.25, -0.2) is 4.57 Å². The van der Waals surface area contributed by atoms with Crippen molar-refractivity contribution < 1.29 is 69.2 Å². The fourth-order valence-electron chi connectivity index (χ4n) is 2.44. The average Bonchev–Trinajstić information content (AvgIpc) is 2.62. The summed E-state index contributed by atoms with van der Waals surface area (Å²) >= 11 is 0. The zero-order chi connectivity index (χ0) is 20.9. The second-order valence-electron chi connectivity index (χ2n) is 5.86. The lowest BCUT2D eigenvalue weighted by molar-refractivity contribution is -0.326. The van der Waals surface area contributed by atoms with Crippen LogP contribution >= 0.6 is 7.82 Å². The first-order valence-electron chi connectivity index (χ1n) is 7.74. The zero-order valence-electron chi connectivity index (χ0n) is 13.9. The SMILES string of the molecule is O=P(O)(O)O[C@@H]([C@H](O[C@H]1O[C@H](CO)[C@@H](O)[C@H](O)[C@H]1O)[C@H](O)CO)[C@@H](O)CO. The molecular weight excluding hydrogens is 399 g/mol.